The number of carbonyl (C=O) groups is 2. The average Bonchev–Trinajstić information content (AvgIpc) is 3.17. The number of benzene rings is 2. The van der Waals surface area contributed by atoms with Crippen LogP contribution in [0.4, 0.5) is 10.5 Å². The first-order chi connectivity index (χ1) is 15.3. The third kappa shape index (κ3) is 3.36. The summed E-state index contributed by atoms with van der Waals surface area (Å²) in [5, 5.41) is 3.59. The number of fused-ring (bicyclic) bond motifs is 3. The van der Waals surface area contributed by atoms with E-state index in [1.807, 2.05) is 38.1 Å². The molecule has 0 saturated carbocycles. The maximum absolute atomic E-state index is 13.7. The van der Waals surface area contributed by atoms with Crippen molar-refractivity contribution in [1.82, 2.24) is 20.0 Å². The van der Waals surface area contributed by atoms with Crippen molar-refractivity contribution in [3.8, 4) is 0 Å². The fraction of sp³-hybridized carbons (Fsp3) is 0.440. The van der Waals surface area contributed by atoms with Crippen molar-refractivity contribution in [1.29, 1.82) is 0 Å². The number of para-hydroxylation sites is 1. The van der Waals surface area contributed by atoms with Gasteiger partial charge in [-0.1, -0.05) is 48.9 Å². The zero-order valence-corrected chi connectivity index (χ0v) is 19.2. The Morgan fingerprint density at radius 3 is 2.53 bits per heavy atom. The van der Waals surface area contributed by atoms with Crippen molar-refractivity contribution in [2.24, 2.45) is 5.92 Å². The number of imide groups is 1. The summed E-state index contributed by atoms with van der Waals surface area (Å²) in [4.78, 5) is 34.7. The van der Waals surface area contributed by atoms with Gasteiger partial charge in [-0.05, 0) is 43.0 Å². The molecule has 168 valence electrons. The molecule has 3 heterocycles. The number of carbonyl (C=O) groups excluding carboxylic acids is 2. The second-order valence-corrected chi connectivity index (χ2v) is 9.47. The number of aryl methyl sites for hydroxylation is 2. The third-order valence-electron chi connectivity index (χ3n) is 7.01. The van der Waals surface area contributed by atoms with E-state index in [2.05, 4.69) is 46.3 Å². The quantitative estimate of drug-likeness (QED) is 0.807. The predicted molar refractivity (Wildman–Crippen MR) is 124 cm³/mol. The molecule has 7 heteroatoms. The van der Waals surface area contributed by atoms with Gasteiger partial charge >= 0.3 is 6.03 Å². The SMILES string of the molecule is Cc1ccc(C)c(CN2C(=O)C3C(NC4N(c5ccccc5)CC(C)CN34)N(C)C2=O)c1. The Balaban J connectivity index is 1.47. The molecule has 32 heavy (non-hydrogen) atoms. The van der Waals surface area contributed by atoms with Crippen LogP contribution in [0.25, 0.3) is 0 Å². The lowest BCUT2D eigenvalue weighted by molar-refractivity contribution is -0.139. The van der Waals surface area contributed by atoms with Crippen LogP contribution in [0.5, 0.6) is 0 Å². The molecule has 1 N–H and O–H groups in total. The molecule has 3 aliphatic heterocycles. The van der Waals surface area contributed by atoms with E-state index in [-0.39, 0.29) is 24.4 Å². The van der Waals surface area contributed by atoms with Crippen molar-refractivity contribution in [2.45, 2.75) is 45.8 Å². The minimum absolute atomic E-state index is 0.115. The molecule has 0 aromatic heterocycles. The van der Waals surface area contributed by atoms with Gasteiger partial charge in [0.15, 0.2) is 0 Å². The van der Waals surface area contributed by atoms with E-state index in [9.17, 15) is 9.59 Å². The van der Waals surface area contributed by atoms with Crippen LogP contribution in [0.3, 0.4) is 0 Å². The average molecular weight is 434 g/mol. The van der Waals surface area contributed by atoms with Gasteiger partial charge in [-0.2, -0.15) is 0 Å². The molecule has 3 saturated heterocycles. The molecule has 0 spiro atoms. The molecule has 2 aromatic carbocycles. The van der Waals surface area contributed by atoms with Crippen LogP contribution in [0.15, 0.2) is 48.5 Å². The first kappa shape index (κ1) is 21.0. The number of anilines is 1. The summed E-state index contributed by atoms with van der Waals surface area (Å²) in [6, 6.07) is 15.8. The molecule has 4 unspecified atom stereocenters. The van der Waals surface area contributed by atoms with Gasteiger partial charge in [-0.15, -0.1) is 0 Å². The van der Waals surface area contributed by atoms with Gasteiger partial charge in [0.2, 0.25) is 0 Å². The smallest absolute Gasteiger partial charge is 0.328 e. The van der Waals surface area contributed by atoms with Crippen molar-refractivity contribution < 1.29 is 9.59 Å². The first-order valence-corrected chi connectivity index (χ1v) is 11.3. The Labute approximate surface area is 189 Å². The molecule has 0 radical (unpaired) electrons. The molecule has 7 nitrogen and oxygen atoms in total. The molecule has 0 aliphatic carbocycles. The summed E-state index contributed by atoms with van der Waals surface area (Å²) in [5.41, 5.74) is 4.35. The number of amides is 3. The van der Waals surface area contributed by atoms with Gasteiger partial charge in [0.25, 0.3) is 5.91 Å². The fourth-order valence-corrected chi connectivity index (χ4v) is 5.33. The molecule has 5 rings (SSSR count). The molecular formula is C25H31N5O2. The van der Waals surface area contributed by atoms with Crippen molar-refractivity contribution >= 4 is 17.6 Å². The van der Waals surface area contributed by atoms with Crippen LogP contribution in [0.1, 0.15) is 23.6 Å². The number of nitrogens with one attached hydrogen (secondary N) is 1. The molecule has 2 aromatic rings. The van der Waals surface area contributed by atoms with Crippen LogP contribution < -0.4 is 10.2 Å². The number of likely N-dealkylation sites (N-methyl/N-ethyl adjacent to an activating group) is 1. The lowest BCUT2D eigenvalue weighted by Crippen LogP contribution is -2.66. The Bertz CT molecular complexity index is 1040. The van der Waals surface area contributed by atoms with E-state index < -0.39 is 6.04 Å². The van der Waals surface area contributed by atoms with E-state index >= 15 is 0 Å². The Morgan fingerprint density at radius 1 is 1.03 bits per heavy atom. The standard InChI is InChI=1S/C25H31N5O2/c1-16-10-11-18(3)19(12-16)15-30-23(31)21-22(27(4)25(30)32)26-24-28(13-17(2)14-29(21)24)20-8-6-5-7-9-20/h5-12,17,21-22,24,26H,13-15H2,1-4H3. The van der Waals surface area contributed by atoms with Gasteiger partial charge < -0.3 is 9.80 Å². The molecule has 4 atom stereocenters. The van der Waals surface area contributed by atoms with Crippen molar-refractivity contribution in [3.05, 3.63) is 65.2 Å². The summed E-state index contributed by atoms with van der Waals surface area (Å²) >= 11 is 0. The minimum Gasteiger partial charge on any atom is -0.343 e. The van der Waals surface area contributed by atoms with Crippen LogP contribution in [0.2, 0.25) is 0 Å². The summed E-state index contributed by atoms with van der Waals surface area (Å²) in [6.07, 6.45) is -0.463. The van der Waals surface area contributed by atoms with E-state index in [1.165, 1.54) is 4.90 Å². The monoisotopic (exact) mass is 433 g/mol. The lowest BCUT2D eigenvalue weighted by atomic mass is 10.0. The summed E-state index contributed by atoms with van der Waals surface area (Å²) < 4.78 is 0. The summed E-state index contributed by atoms with van der Waals surface area (Å²) in [7, 11) is 1.80. The zero-order valence-electron chi connectivity index (χ0n) is 19.2. The third-order valence-corrected chi connectivity index (χ3v) is 7.01. The Hall–Kier alpha value is -2.90. The van der Waals surface area contributed by atoms with Crippen LogP contribution in [-0.4, -0.2) is 65.3 Å². The Kier molecular flexibility index (Phi) is 5.18. The Morgan fingerprint density at radius 2 is 1.78 bits per heavy atom. The number of hydrogen-bond donors (Lipinski definition) is 1. The second-order valence-electron chi connectivity index (χ2n) is 9.47. The predicted octanol–water partition coefficient (Wildman–Crippen LogP) is 2.74. The van der Waals surface area contributed by atoms with Gasteiger partial charge in [-0.25, -0.2) is 4.79 Å². The fourth-order valence-electron chi connectivity index (χ4n) is 5.33. The van der Waals surface area contributed by atoms with E-state index in [0.717, 1.165) is 35.5 Å². The van der Waals surface area contributed by atoms with Crippen LogP contribution >= 0.6 is 0 Å². The molecule has 3 aliphatic rings. The maximum Gasteiger partial charge on any atom is 0.328 e. The number of rotatable bonds is 3. The van der Waals surface area contributed by atoms with Gasteiger partial charge in [-0.3, -0.25) is 19.9 Å². The number of hydrogen-bond acceptors (Lipinski definition) is 5. The number of urea groups is 1. The van der Waals surface area contributed by atoms with Gasteiger partial charge in [0.05, 0.1) is 6.54 Å². The second kappa shape index (κ2) is 7.90. The summed E-state index contributed by atoms with van der Waals surface area (Å²) in [5.74, 6) is 0.284. The highest BCUT2D eigenvalue weighted by molar-refractivity contribution is 6.00. The van der Waals surface area contributed by atoms with Gasteiger partial charge in [0, 0.05) is 25.8 Å². The van der Waals surface area contributed by atoms with E-state index in [1.54, 1.807) is 11.9 Å². The van der Waals surface area contributed by atoms with Crippen LogP contribution in [0, 0.1) is 19.8 Å². The lowest BCUT2D eigenvalue weighted by Gasteiger charge is -2.46. The maximum atomic E-state index is 13.7. The molecule has 3 amide bonds. The van der Waals surface area contributed by atoms with Crippen LogP contribution in [-0.2, 0) is 11.3 Å². The highest BCUT2D eigenvalue weighted by atomic mass is 16.2. The van der Waals surface area contributed by atoms with Gasteiger partial charge in [0.1, 0.15) is 18.5 Å². The van der Waals surface area contributed by atoms with E-state index in [0.29, 0.717) is 12.5 Å². The highest BCUT2D eigenvalue weighted by Gasteiger charge is 2.56. The normalized spacial score (nSPS) is 28.2. The minimum atomic E-state index is -0.401. The first-order valence-electron chi connectivity index (χ1n) is 11.3. The molecule has 3 fully saturated rings. The highest BCUT2D eigenvalue weighted by Crippen LogP contribution is 2.34. The largest absolute Gasteiger partial charge is 0.343 e. The number of nitrogens with zero attached hydrogens (tertiary/aromatic N) is 4. The van der Waals surface area contributed by atoms with E-state index in [4.69, 9.17) is 0 Å². The van der Waals surface area contributed by atoms with Crippen molar-refractivity contribution in [3.63, 3.8) is 0 Å². The van der Waals surface area contributed by atoms with Crippen molar-refractivity contribution in [2.75, 3.05) is 25.0 Å². The molecular weight excluding hydrogens is 402 g/mol. The topological polar surface area (TPSA) is 59.1 Å². The molecule has 0 bridgehead atoms. The zero-order chi connectivity index (χ0) is 22.6. The summed E-state index contributed by atoms with van der Waals surface area (Å²) in [6.45, 7) is 8.29.